The largest absolute Gasteiger partial charge is 0.371 e. The monoisotopic (exact) mass is 300 g/mol. The van der Waals surface area contributed by atoms with Gasteiger partial charge in [-0.3, -0.25) is 14.8 Å². The van der Waals surface area contributed by atoms with E-state index in [4.69, 9.17) is 0 Å². The topological polar surface area (TPSA) is 64.2 Å². The molecule has 0 radical (unpaired) electrons. The molecule has 22 heavy (non-hydrogen) atoms. The predicted octanol–water partition coefficient (Wildman–Crippen LogP) is 3.02. The first-order chi connectivity index (χ1) is 10.5. The lowest BCUT2D eigenvalue weighted by Crippen LogP contribution is -2.32. The van der Waals surface area contributed by atoms with Crippen LogP contribution in [0.1, 0.15) is 29.9 Å². The first-order valence-corrected chi connectivity index (χ1v) is 7.53. The van der Waals surface area contributed by atoms with Gasteiger partial charge in [-0.2, -0.15) is 5.10 Å². The lowest BCUT2D eigenvalue weighted by molar-refractivity contribution is -0.385. The molecule has 2 aromatic rings. The van der Waals surface area contributed by atoms with E-state index in [1.54, 1.807) is 13.0 Å². The van der Waals surface area contributed by atoms with E-state index in [1.807, 2.05) is 30.1 Å². The number of aryl methyl sites for hydroxylation is 2. The van der Waals surface area contributed by atoms with Gasteiger partial charge in [-0.25, -0.2) is 0 Å². The molecular weight excluding hydrogens is 280 g/mol. The van der Waals surface area contributed by atoms with Crippen LogP contribution in [0.3, 0.4) is 0 Å². The van der Waals surface area contributed by atoms with Crippen LogP contribution >= 0.6 is 0 Å². The van der Waals surface area contributed by atoms with Crippen molar-refractivity contribution in [3.05, 3.63) is 51.8 Å². The van der Waals surface area contributed by atoms with Crippen molar-refractivity contribution in [2.75, 3.05) is 18.0 Å². The van der Waals surface area contributed by atoms with Crippen molar-refractivity contribution in [3.8, 4) is 0 Å². The van der Waals surface area contributed by atoms with E-state index in [9.17, 15) is 10.1 Å². The van der Waals surface area contributed by atoms with Crippen molar-refractivity contribution in [1.82, 2.24) is 9.78 Å². The number of rotatable bonds is 3. The van der Waals surface area contributed by atoms with Gasteiger partial charge in [-0.15, -0.1) is 0 Å². The molecule has 1 fully saturated rings. The van der Waals surface area contributed by atoms with Gasteiger partial charge in [0.2, 0.25) is 0 Å². The quantitative estimate of drug-likeness (QED) is 0.645. The van der Waals surface area contributed by atoms with Gasteiger partial charge in [-0.05, 0) is 43.4 Å². The first-order valence-electron chi connectivity index (χ1n) is 7.53. The Morgan fingerprint density at radius 1 is 1.32 bits per heavy atom. The van der Waals surface area contributed by atoms with E-state index in [2.05, 4.69) is 16.2 Å². The van der Waals surface area contributed by atoms with Gasteiger partial charge in [0.25, 0.3) is 5.69 Å². The highest BCUT2D eigenvalue weighted by molar-refractivity contribution is 5.55. The van der Waals surface area contributed by atoms with Gasteiger partial charge in [0, 0.05) is 43.7 Å². The minimum absolute atomic E-state index is 0.189. The number of nitro groups is 1. The highest BCUT2D eigenvalue weighted by Gasteiger charge is 2.22. The summed E-state index contributed by atoms with van der Waals surface area (Å²) in [5.74, 6) is 0.559. The highest BCUT2D eigenvalue weighted by atomic mass is 16.6. The average Bonchev–Trinajstić information content (AvgIpc) is 2.93. The number of anilines is 1. The summed E-state index contributed by atoms with van der Waals surface area (Å²) in [6.07, 6.45) is 6.22. The summed E-state index contributed by atoms with van der Waals surface area (Å²) in [5.41, 5.74) is 3.29. The molecule has 0 unspecified atom stereocenters. The lowest BCUT2D eigenvalue weighted by Gasteiger charge is -2.33. The molecule has 0 amide bonds. The molecule has 2 heterocycles. The molecule has 1 aliphatic heterocycles. The third-order valence-electron chi connectivity index (χ3n) is 4.43. The minimum atomic E-state index is -0.326. The van der Waals surface area contributed by atoms with Crippen LogP contribution in [-0.4, -0.2) is 27.8 Å². The van der Waals surface area contributed by atoms with Gasteiger partial charge < -0.3 is 4.90 Å². The Morgan fingerprint density at radius 2 is 2.05 bits per heavy atom. The molecule has 1 aromatic carbocycles. The smallest absolute Gasteiger partial charge is 0.272 e. The Hall–Kier alpha value is -2.37. The molecule has 6 heteroatoms. The summed E-state index contributed by atoms with van der Waals surface area (Å²) < 4.78 is 1.85. The van der Waals surface area contributed by atoms with E-state index >= 15 is 0 Å². The third-order valence-corrected chi connectivity index (χ3v) is 4.43. The van der Waals surface area contributed by atoms with E-state index < -0.39 is 0 Å². The fourth-order valence-electron chi connectivity index (χ4n) is 3.16. The summed E-state index contributed by atoms with van der Waals surface area (Å²) in [7, 11) is 1.94. The van der Waals surface area contributed by atoms with Gasteiger partial charge in [0.15, 0.2) is 0 Å². The maximum Gasteiger partial charge on any atom is 0.272 e. The molecule has 0 saturated carbocycles. The van der Waals surface area contributed by atoms with Crippen LogP contribution in [0.4, 0.5) is 11.4 Å². The molecule has 0 N–H and O–H groups in total. The van der Waals surface area contributed by atoms with E-state index in [1.165, 1.54) is 5.56 Å². The molecular formula is C16H20N4O2. The second-order valence-corrected chi connectivity index (χ2v) is 5.94. The summed E-state index contributed by atoms with van der Waals surface area (Å²) >= 11 is 0. The van der Waals surface area contributed by atoms with E-state index in [0.717, 1.165) is 37.2 Å². The standard InChI is InChI=1S/C16H20N4O2/c1-12-9-15(3-4-16(12)20(21)22)19-7-5-13(6-8-19)14-10-17-18(2)11-14/h3-4,9-11,13H,5-8H2,1-2H3. The molecule has 0 aliphatic carbocycles. The van der Waals surface area contributed by atoms with Crippen LogP contribution in [0.5, 0.6) is 0 Å². The Balaban J connectivity index is 1.68. The number of piperidine rings is 1. The zero-order chi connectivity index (χ0) is 15.7. The van der Waals surface area contributed by atoms with Crippen LogP contribution < -0.4 is 4.90 Å². The second-order valence-electron chi connectivity index (χ2n) is 5.94. The molecule has 1 aromatic heterocycles. The summed E-state index contributed by atoms with van der Waals surface area (Å²) in [4.78, 5) is 12.9. The molecule has 0 bridgehead atoms. The Labute approximate surface area is 129 Å². The predicted molar refractivity (Wildman–Crippen MR) is 85.2 cm³/mol. The summed E-state index contributed by atoms with van der Waals surface area (Å²) in [6.45, 7) is 3.73. The zero-order valence-electron chi connectivity index (χ0n) is 12.9. The summed E-state index contributed by atoms with van der Waals surface area (Å²) in [6, 6.07) is 5.38. The van der Waals surface area contributed by atoms with Crippen LogP contribution in [-0.2, 0) is 7.05 Å². The zero-order valence-corrected chi connectivity index (χ0v) is 12.9. The Kier molecular flexibility index (Phi) is 3.83. The maximum atomic E-state index is 10.9. The maximum absolute atomic E-state index is 10.9. The molecule has 116 valence electrons. The van der Waals surface area contributed by atoms with Gasteiger partial charge >= 0.3 is 0 Å². The minimum Gasteiger partial charge on any atom is -0.371 e. The van der Waals surface area contributed by atoms with Crippen molar-refractivity contribution < 1.29 is 4.92 Å². The number of hydrogen-bond acceptors (Lipinski definition) is 4. The van der Waals surface area contributed by atoms with E-state index in [-0.39, 0.29) is 10.6 Å². The van der Waals surface area contributed by atoms with Crippen molar-refractivity contribution in [3.63, 3.8) is 0 Å². The summed E-state index contributed by atoms with van der Waals surface area (Å²) in [5, 5.41) is 15.1. The van der Waals surface area contributed by atoms with Crippen molar-refractivity contribution in [1.29, 1.82) is 0 Å². The van der Waals surface area contributed by atoms with Crippen LogP contribution in [0.2, 0.25) is 0 Å². The van der Waals surface area contributed by atoms with Crippen LogP contribution in [0, 0.1) is 17.0 Å². The molecule has 1 saturated heterocycles. The Morgan fingerprint density at radius 3 is 2.59 bits per heavy atom. The molecule has 1 aliphatic rings. The Bertz CT molecular complexity index is 687. The second kappa shape index (κ2) is 5.79. The molecule has 6 nitrogen and oxygen atoms in total. The first kappa shape index (κ1) is 14.6. The average molecular weight is 300 g/mol. The SMILES string of the molecule is Cc1cc(N2CCC(c3cnn(C)c3)CC2)ccc1[N+](=O)[O-]. The number of aromatic nitrogens is 2. The van der Waals surface area contributed by atoms with Crippen molar-refractivity contribution in [2.45, 2.75) is 25.7 Å². The molecule has 0 atom stereocenters. The number of benzene rings is 1. The molecule has 3 rings (SSSR count). The third kappa shape index (κ3) is 2.81. The van der Waals surface area contributed by atoms with Crippen molar-refractivity contribution >= 4 is 11.4 Å². The van der Waals surface area contributed by atoms with Crippen LogP contribution in [0.25, 0.3) is 0 Å². The number of nitrogens with zero attached hydrogens (tertiary/aromatic N) is 4. The van der Waals surface area contributed by atoms with Gasteiger partial charge in [-0.1, -0.05) is 0 Å². The number of nitro benzene ring substituents is 1. The van der Waals surface area contributed by atoms with Gasteiger partial charge in [0.05, 0.1) is 11.1 Å². The fraction of sp³-hybridized carbons (Fsp3) is 0.438. The highest BCUT2D eigenvalue weighted by Crippen LogP contribution is 2.31. The normalized spacial score (nSPS) is 16.0. The molecule has 0 spiro atoms. The number of hydrogen-bond donors (Lipinski definition) is 0. The van der Waals surface area contributed by atoms with Crippen LogP contribution in [0.15, 0.2) is 30.6 Å². The van der Waals surface area contributed by atoms with Gasteiger partial charge in [0.1, 0.15) is 0 Å². The fourth-order valence-corrected chi connectivity index (χ4v) is 3.16. The van der Waals surface area contributed by atoms with E-state index in [0.29, 0.717) is 5.92 Å². The lowest BCUT2D eigenvalue weighted by atomic mass is 9.91. The van der Waals surface area contributed by atoms with Crippen molar-refractivity contribution in [2.24, 2.45) is 7.05 Å².